The second-order valence-electron chi connectivity index (χ2n) is 5.71. The molecule has 7 heteroatoms. The number of hydrogen-bond acceptors (Lipinski definition) is 4. The summed E-state index contributed by atoms with van der Waals surface area (Å²) in [5.74, 6) is 0.0256. The third-order valence-electron chi connectivity index (χ3n) is 3.75. The lowest BCUT2D eigenvalue weighted by molar-refractivity contribution is -0.113. The second-order valence-corrected chi connectivity index (χ2v) is 7.16. The van der Waals surface area contributed by atoms with Gasteiger partial charge in [-0.3, -0.25) is 9.59 Å². The molecule has 27 heavy (non-hydrogen) atoms. The van der Waals surface area contributed by atoms with Crippen LogP contribution in [0.4, 0.5) is 11.4 Å². The second kappa shape index (κ2) is 8.79. The summed E-state index contributed by atoms with van der Waals surface area (Å²) in [6, 6.07) is 15.9. The molecule has 0 unspecified atom stereocenters. The molecule has 0 aliphatic heterocycles. The van der Waals surface area contributed by atoms with Crippen LogP contribution in [0.3, 0.4) is 0 Å². The smallest absolute Gasteiger partial charge is 0.291 e. The Morgan fingerprint density at radius 1 is 1.07 bits per heavy atom. The summed E-state index contributed by atoms with van der Waals surface area (Å²) in [7, 11) is 0. The molecular weight excluding hydrogens is 384 g/mol. The summed E-state index contributed by atoms with van der Waals surface area (Å²) in [6.45, 7) is 1.86. The van der Waals surface area contributed by atoms with Crippen LogP contribution in [0.15, 0.2) is 70.2 Å². The number of halogens is 1. The van der Waals surface area contributed by atoms with E-state index in [2.05, 4.69) is 10.6 Å². The lowest BCUT2D eigenvalue weighted by atomic mass is 10.2. The fourth-order valence-electron chi connectivity index (χ4n) is 2.34. The van der Waals surface area contributed by atoms with Gasteiger partial charge >= 0.3 is 0 Å². The van der Waals surface area contributed by atoms with E-state index >= 15 is 0 Å². The molecule has 2 amide bonds. The summed E-state index contributed by atoms with van der Waals surface area (Å²) in [4.78, 5) is 25.1. The molecule has 0 bridgehead atoms. The SMILES string of the molecule is Cc1c(Cl)cccc1NC(=O)CSc1cccc(NC(=O)c2ccco2)c1. The number of carbonyl (C=O) groups excluding carboxylic acids is 2. The van der Waals surface area contributed by atoms with Gasteiger partial charge in [-0.25, -0.2) is 0 Å². The van der Waals surface area contributed by atoms with Gasteiger partial charge in [-0.2, -0.15) is 0 Å². The van der Waals surface area contributed by atoms with Gasteiger partial charge in [0.2, 0.25) is 5.91 Å². The van der Waals surface area contributed by atoms with Crippen LogP contribution < -0.4 is 10.6 Å². The van der Waals surface area contributed by atoms with Gasteiger partial charge < -0.3 is 15.1 Å². The summed E-state index contributed by atoms with van der Waals surface area (Å²) in [5, 5.41) is 6.24. The van der Waals surface area contributed by atoms with E-state index in [-0.39, 0.29) is 23.3 Å². The van der Waals surface area contributed by atoms with Crippen LogP contribution in [0.5, 0.6) is 0 Å². The normalized spacial score (nSPS) is 10.4. The standard InChI is InChI=1S/C20H17ClN2O3S/c1-13-16(21)7-3-8-17(13)23-19(24)12-27-15-6-2-5-14(11-15)22-20(25)18-9-4-10-26-18/h2-11H,12H2,1H3,(H,22,25)(H,23,24). The summed E-state index contributed by atoms with van der Waals surface area (Å²) in [5.41, 5.74) is 2.17. The van der Waals surface area contributed by atoms with Crippen molar-refractivity contribution < 1.29 is 14.0 Å². The molecule has 1 heterocycles. The Morgan fingerprint density at radius 2 is 1.89 bits per heavy atom. The van der Waals surface area contributed by atoms with Crippen molar-refractivity contribution in [3.05, 3.63) is 77.2 Å². The number of nitrogens with one attached hydrogen (secondary N) is 2. The van der Waals surface area contributed by atoms with E-state index < -0.39 is 0 Å². The van der Waals surface area contributed by atoms with E-state index in [1.807, 2.05) is 31.2 Å². The van der Waals surface area contributed by atoms with Crippen molar-refractivity contribution in [2.45, 2.75) is 11.8 Å². The van der Waals surface area contributed by atoms with Gasteiger partial charge in [0.05, 0.1) is 12.0 Å². The molecule has 0 saturated carbocycles. The van der Waals surface area contributed by atoms with Crippen LogP contribution in [0.1, 0.15) is 16.1 Å². The van der Waals surface area contributed by atoms with Crippen molar-refractivity contribution in [2.24, 2.45) is 0 Å². The molecule has 138 valence electrons. The zero-order valence-corrected chi connectivity index (χ0v) is 16.1. The largest absolute Gasteiger partial charge is 0.459 e. The van der Waals surface area contributed by atoms with E-state index in [0.29, 0.717) is 16.4 Å². The fraction of sp³-hybridized carbons (Fsp3) is 0.100. The number of rotatable bonds is 6. The van der Waals surface area contributed by atoms with Crippen molar-refractivity contribution in [3.63, 3.8) is 0 Å². The Balaban J connectivity index is 1.57. The van der Waals surface area contributed by atoms with E-state index in [1.165, 1.54) is 18.0 Å². The number of furan rings is 1. The first-order valence-corrected chi connectivity index (χ1v) is 9.52. The van der Waals surface area contributed by atoms with Crippen molar-refractivity contribution in [1.29, 1.82) is 0 Å². The highest BCUT2D eigenvalue weighted by Gasteiger charge is 2.10. The van der Waals surface area contributed by atoms with Crippen LogP contribution in [-0.2, 0) is 4.79 Å². The molecule has 2 aromatic carbocycles. The van der Waals surface area contributed by atoms with Crippen molar-refractivity contribution >= 4 is 46.6 Å². The van der Waals surface area contributed by atoms with Crippen LogP contribution in [0, 0.1) is 6.92 Å². The average molecular weight is 401 g/mol. The maximum Gasteiger partial charge on any atom is 0.291 e. The number of anilines is 2. The van der Waals surface area contributed by atoms with Crippen molar-refractivity contribution in [2.75, 3.05) is 16.4 Å². The number of benzene rings is 2. The van der Waals surface area contributed by atoms with E-state index in [4.69, 9.17) is 16.0 Å². The van der Waals surface area contributed by atoms with Gasteiger partial charge in [0.1, 0.15) is 0 Å². The minimum Gasteiger partial charge on any atom is -0.459 e. The molecule has 0 spiro atoms. The molecule has 0 radical (unpaired) electrons. The minimum absolute atomic E-state index is 0.129. The zero-order valence-electron chi connectivity index (χ0n) is 14.5. The highest BCUT2D eigenvalue weighted by molar-refractivity contribution is 8.00. The van der Waals surface area contributed by atoms with Crippen LogP contribution >= 0.6 is 23.4 Å². The monoisotopic (exact) mass is 400 g/mol. The molecule has 1 aromatic heterocycles. The van der Waals surface area contributed by atoms with Crippen molar-refractivity contribution in [3.8, 4) is 0 Å². The van der Waals surface area contributed by atoms with E-state index in [9.17, 15) is 9.59 Å². The quantitative estimate of drug-likeness (QED) is 0.556. The minimum atomic E-state index is -0.323. The number of thioether (sulfide) groups is 1. The Kier molecular flexibility index (Phi) is 6.21. The van der Waals surface area contributed by atoms with Gasteiger partial charge in [-0.15, -0.1) is 11.8 Å². The Labute approximate surface area is 166 Å². The van der Waals surface area contributed by atoms with Gasteiger partial charge in [0.25, 0.3) is 5.91 Å². The van der Waals surface area contributed by atoms with Crippen LogP contribution in [0.25, 0.3) is 0 Å². The average Bonchev–Trinajstić information content (AvgIpc) is 3.19. The summed E-state index contributed by atoms with van der Waals surface area (Å²) >= 11 is 7.45. The predicted molar refractivity (Wildman–Crippen MR) is 109 cm³/mol. The van der Waals surface area contributed by atoms with Crippen LogP contribution in [-0.4, -0.2) is 17.6 Å². The Morgan fingerprint density at radius 3 is 2.67 bits per heavy atom. The molecule has 0 aliphatic rings. The first-order valence-electron chi connectivity index (χ1n) is 8.15. The molecule has 0 saturated heterocycles. The Bertz CT molecular complexity index is 958. The number of carbonyl (C=O) groups is 2. The van der Waals surface area contributed by atoms with Gasteiger partial charge in [-0.1, -0.05) is 23.7 Å². The van der Waals surface area contributed by atoms with Gasteiger partial charge in [-0.05, 0) is 55.0 Å². The van der Waals surface area contributed by atoms with E-state index in [0.717, 1.165) is 10.5 Å². The lowest BCUT2D eigenvalue weighted by Gasteiger charge is -2.10. The lowest BCUT2D eigenvalue weighted by Crippen LogP contribution is -2.15. The predicted octanol–water partition coefficient (Wildman–Crippen LogP) is 5.22. The first-order chi connectivity index (χ1) is 13.0. The maximum atomic E-state index is 12.2. The number of amides is 2. The zero-order chi connectivity index (χ0) is 19.2. The summed E-state index contributed by atoms with van der Waals surface area (Å²) in [6.07, 6.45) is 1.45. The molecule has 2 N–H and O–H groups in total. The van der Waals surface area contributed by atoms with E-state index in [1.54, 1.807) is 30.3 Å². The molecule has 3 rings (SSSR count). The van der Waals surface area contributed by atoms with Gasteiger partial charge in [0.15, 0.2) is 5.76 Å². The molecule has 5 nitrogen and oxygen atoms in total. The van der Waals surface area contributed by atoms with Crippen molar-refractivity contribution in [1.82, 2.24) is 0 Å². The fourth-order valence-corrected chi connectivity index (χ4v) is 3.27. The third-order valence-corrected chi connectivity index (χ3v) is 5.15. The molecular formula is C20H17ClN2O3S. The number of hydrogen-bond donors (Lipinski definition) is 2. The van der Waals surface area contributed by atoms with Gasteiger partial charge in [0, 0.05) is 21.3 Å². The maximum absolute atomic E-state index is 12.2. The molecule has 0 aliphatic carbocycles. The highest BCUT2D eigenvalue weighted by Crippen LogP contribution is 2.25. The topological polar surface area (TPSA) is 71.3 Å². The van der Waals surface area contributed by atoms with Crippen LogP contribution in [0.2, 0.25) is 5.02 Å². The summed E-state index contributed by atoms with van der Waals surface area (Å²) < 4.78 is 5.07. The third kappa shape index (κ3) is 5.15. The molecule has 0 atom stereocenters. The molecule has 3 aromatic rings. The highest BCUT2D eigenvalue weighted by atomic mass is 35.5. The Hall–Kier alpha value is -2.70. The first kappa shape index (κ1) is 19.1. The molecule has 0 fully saturated rings.